The highest BCUT2D eigenvalue weighted by atomic mass is 16.5. The molecular weight excluding hydrogens is 512 g/mol. The molecule has 41 heavy (non-hydrogen) atoms. The van der Waals surface area contributed by atoms with Gasteiger partial charge in [-0.15, -0.1) is 0 Å². The van der Waals surface area contributed by atoms with Gasteiger partial charge in [0.1, 0.15) is 12.2 Å². The van der Waals surface area contributed by atoms with Gasteiger partial charge in [-0.3, -0.25) is 4.79 Å². The van der Waals surface area contributed by atoms with Crippen molar-refractivity contribution in [3.63, 3.8) is 0 Å². The van der Waals surface area contributed by atoms with Crippen LogP contribution in [0.5, 0.6) is 0 Å². The Labute approximate surface area is 246 Å². The van der Waals surface area contributed by atoms with Crippen molar-refractivity contribution in [3.8, 4) is 0 Å². The van der Waals surface area contributed by atoms with E-state index in [0.717, 1.165) is 43.4 Å². The minimum absolute atomic E-state index is 0.0494. The Morgan fingerprint density at radius 2 is 1.76 bits per heavy atom. The van der Waals surface area contributed by atoms with E-state index in [1.165, 1.54) is 56.8 Å². The summed E-state index contributed by atoms with van der Waals surface area (Å²) in [6.07, 6.45) is 11.9. The van der Waals surface area contributed by atoms with Crippen LogP contribution in [0.25, 0.3) is 0 Å². The Bertz CT molecular complexity index is 1170. The van der Waals surface area contributed by atoms with Crippen LogP contribution < -0.4 is 0 Å². The molecule has 0 amide bonds. The second-order valence-corrected chi connectivity index (χ2v) is 14.8. The minimum Gasteiger partial charge on any atom is -0.494 e. The third-order valence-electron chi connectivity index (χ3n) is 12.5. The third kappa shape index (κ3) is 5.14. The second kappa shape index (κ2) is 11.1. The molecule has 6 rings (SSSR count). The maximum Gasteiger partial charge on any atom is 0.338 e. The van der Waals surface area contributed by atoms with Gasteiger partial charge in [0.2, 0.25) is 0 Å². The second-order valence-electron chi connectivity index (χ2n) is 14.8. The number of carbonyl (C=O) groups excluding carboxylic acids is 2. The number of esters is 2. The van der Waals surface area contributed by atoms with Crippen molar-refractivity contribution in [3.05, 3.63) is 47.2 Å². The molecule has 0 N–H and O–H groups in total. The highest BCUT2D eigenvalue weighted by molar-refractivity contribution is 5.89. The summed E-state index contributed by atoms with van der Waals surface area (Å²) in [5, 5.41) is 0. The molecule has 4 aliphatic carbocycles. The molecule has 5 nitrogen and oxygen atoms in total. The van der Waals surface area contributed by atoms with Gasteiger partial charge < -0.3 is 14.2 Å². The molecule has 0 unspecified atom stereocenters. The predicted molar refractivity (Wildman–Crippen MR) is 159 cm³/mol. The highest BCUT2D eigenvalue weighted by Crippen LogP contribution is 2.69. The molecule has 0 spiro atoms. The molecule has 4 saturated carbocycles. The van der Waals surface area contributed by atoms with Gasteiger partial charge >= 0.3 is 11.9 Å². The molecule has 0 saturated heterocycles. The maximum atomic E-state index is 12.8. The number of ether oxygens (including phenoxy) is 3. The summed E-state index contributed by atoms with van der Waals surface area (Å²) in [5.41, 5.74) is 2.84. The van der Waals surface area contributed by atoms with Gasteiger partial charge in [-0.1, -0.05) is 39.0 Å². The molecule has 4 fully saturated rings. The van der Waals surface area contributed by atoms with Crippen LogP contribution in [0.15, 0.2) is 41.7 Å². The fourth-order valence-corrected chi connectivity index (χ4v) is 10.4. The molecule has 224 valence electrons. The first-order valence-corrected chi connectivity index (χ1v) is 16.4. The third-order valence-corrected chi connectivity index (χ3v) is 12.5. The standard InChI is InChI=1S/C36H50O5/c1-22(21-39-24(3)37)11-14-31-23(2)33-32(41-31)20-30-28-13-12-26-19-27(40-34(38)25-9-7-6-8-10-25)15-17-35(26,4)29(28)16-18-36(30,33)5/h6-10,22,26-30,32-33H,11-21H2,1-5H3/t22-,26-,27+,28+,29-,30-,32-,33-,35-,36-/m0/s1. The molecule has 0 bridgehead atoms. The summed E-state index contributed by atoms with van der Waals surface area (Å²) >= 11 is 0. The Hall–Kier alpha value is -2.30. The van der Waals surface area contributed by atoms with Crippen molar-refractivity contribution in [1.29, 1.82) is 0 Å². The molecule has 1 aromatic carbocycles. The van der Waals surface area contributed by atoms with Gasteiger partial charge in [0, 0.05) is 19.3 Å². The van der Waals surface area contributed by atoms with Crippen LogP contribution in [0.3, 0.4) is 0 Å². The average Bonchev–Trinajstić information content (AvgIpc) is 3.44. The lowest BCUT2D eigenvalue weighted by Crippen LogP contribution is -2.54. The zero-order valence-electron chi connectivity index (χ0n) is 25.8. The Kier molecular flexibility index (Phi) is 7.78. The van der Waals surface area contributed by atoms with Crippen molar-refractivity contribution in [2.45, 2.75) is 111 Å². The normalized spacial score (nSPS) is 40.0. The van der Waals surface area contributed by atoms with Crippen LogP contribution in [0.1, 0.15) is 109 Å². The lowest BCUT2D eigenvalue weighted by molar-refractivity contribution is -0.142. The predicted octanol–water partition coefficient (Wildman–Crippen LogP) is 8.13. The van der Waals surface area contributed by atoms with E-state index in [1.807, 2.05) is 30.3 Å². The quantitative estimate of drug-likeness (QED) is 0.314. The number of benzene rings is 1. The molecule has 1 aromatic rings. The SMILES string of the molecule is CC(=O)OC[C@@H](C)CCC1=C(C)[C@H]2[C@H](C[C@H]3[C@@H]4CC[C@H]5C[C@H](OC(=O)c6ccccc6)CC[C@]5(C)[C@H]4CC[C@@]32C)O1. The fourth-order valence-electron chi connectivity index (χ4n) is 10.4. The number of carbonyl (C=O) groups is 2. The van der Waals surface area contributed by atoms with E-state index in [1.54, 1.807) is 0 Å². The smallest absolute Gasteiger partial charge is 0.338 e. The topological polar surface area (TPSA) is 61.8 Å². The van der Waals surface area contributed by atoms with Gasteiger partial charge in [-0.2, -0.15) is 0 Å². The van der Waals surface area contributed by atoms with Gasteiger partial charge in [-0.05, 0) is 123 Å². The van der Waals surface area contributed by atoms with E-state index in [4.69, 9.17) is 14.2 Å². The summed E-state index contributed by atoms with van der Waals surface area (Å²) in [6.45, 7) is 11.6. The van der Waals surface area contributed by atoms with E-state index >= 15 is 0 Å². The molecule has 1 heterocycles. The van der Waals surface area contributed by atoms with E-state index in [0.29, 0.717) is 46.9 Å². The number of hydrogen-bond donors (Lipinski definition) is 0. The van der Waals surface area contributed by atoms with Gasteiger partial charge in [0.05, 0.1) is 17.9 Å². The first-order chi connectivity index (χ1) is 19.6. The van der Waals surface area contributed by atoms with Crippen molar-refractivity contribution < 1.29 is 23.8 Å². The molecule has 0 radical (unpaired) electrons. The number of allylic oxidation sites excluding steroid dienone is 1. The van der Waals surface area contributed by atoms with Crippen molar-refractivity contribution in [2.75, 3.05) is 6.61 Å². The molecule has 1 aliphatic heterocycles. The minimum atomic E-state index is -0.198. The summed E-state index contributed by atoms with van der Waals surface area (Å²) in [6, 6.07) is 9.45. The Morgan fingerprint density at radius 3 is 2.51 bits per heavy atom. The van der Waals surface area contributed by atoms with Crippen LogP contribution >= 0.6 is 0 Å². The summed E-state index contributed by atoms with van der Waals surface area (Å²) < 4.78 is 18.0. The zero-order chi connectivity index (χ0) is 28.9. The molecule has 5 aliphatic rings. The van der Waals surface area contributed by atoms with E-state index in [9.17, 15) is 9.59 Å². The maximum absolute atomic E-state index is 12.8. The van der Waals surface area contributed by atoms with Crippen molar-refractivity contribution >= 4 is 11.9 Å². The van der Waals surface area contributed by atoms with Crippen LogP contribution in [0, 0.1) is 46.3 Å². The van der Waals surface area contributed by atoms with Gasteiger partial charge in [0.15, 0.2) is 0 Å². The van der Waals surface area contributed by atoms with Crippen LogP contribution in [0.2, 0.25) is 0 Å². The summed E-state index contributed by atoms with van der Waals surface area (Å²) in [5.74, 6) is 4.69. The number of hydrogen-bond acceptors (Lipinski definition) is 5. The summed E-state index contributed by atoms with van der Waals surface area (Å²) in [4.78, 5) is 23.9. The fraction of sp³-hybridized carbons (Fsp3) is 0.722. The Morgan fingerprint density at radius 1 is 1.00 bits per heavy atom. The monoisotopic (exact) mass is 562 g/mol. The molecule has 0 aromatic heterocycles. The summed E-state index contributed by atoms with van der Waals surface area (Å²) in [7, 11) is 0. The lowest BCUT2D eigenvalue weighted by Gasteiger charge is -2.61. The molecular formula is C36H50O5. The molecule has 10 atom stereocenters. The van der Waals surface area contributed by atoms with Crippen LogP contribution in [-0.2, 0) is 19.0 Å². The van der Waals surface area contributed by atoms with Crippen LogP contribution in [0.4, 0.5) is 0 Å². The van der Waals surface area contributed by atoms with E-state index < -0.39 is 0 Å². The first-order valence-electron chi connectivity index (χ1n) is 16.4. The van der Waals surface area contributed by atoms with Gasteiger partial charge in [0.25, 0.3) is 0 Å². The average molecular weight is 563 g/mol. The number of fused-ring (bicyclic) bond motifs is 7. The highest BCUT2D eigenvalue weighted by Gasteiger charge is 2.64. The van der Waals surface area contributed by atoms with Gasteiger partial charge in [-0.25, -0.2) is 4.79 Å². The molecule has 5 heteroatoms. The lowest BCUT2D eigenvalue weighted by atomic mass is 9.44. The zero-order valence-corrected chi connectivity index (χ0v) is 25.8. The van der Waals surface area contributed by atoms with Crippen molar-refractivity contribution in [1.82, 2.24) is 0 Å². The van der Waals surface area contributed by atoms with E-state index in [-0.39, 0.29) is 18.0 Å². The largest absolute Gasteiger partial charge is 0.494 e. The number of rotatable bonds is 7. The van der Waals surface area contributed by atoms with E-state index in [2.05, 4.69) is 27.7 Å². The van der Waals surface area contributed by atoms with Crippen molar-refractivity contribution in [2.24, 2.45) is 46.3 Å². The Balaban J connectivity index is 1.10. The first kappa shape index (κ1) is 28.8. The van der Waals surface area contributed by atoms with Crippen LogP contribution in [-0.4, -0.2) is 30.8 Å².